The number of nitrogens with one attached hydrogen (secondary N) is 2. The standard InChI is InChI=1S/C18H17Cl2F3N4O2/c19-13-6-5-11(7-14(13)20)26-17-24-8-12(18(21,22)23)15(27-17)25-10-3-1-9(2-4-10)16(28)29/h5-10H,1-4H2,(H,28,29)(H2,24,25,26,27)/t9-,10-. The van der Waals surface area contributed by atoms with Crippen LogP contribution in [0.25, 0.3) is 0 Å². The first-order valence-corrected chi connectivity index (χ1v) is 9.54. The van der Waals surface area contributed by atoms with Crippen molar-refractivity contribution in [2.24, 2.45) is 5.92 Å². The fourth-order valence-corrected chi connectivity index (χ4v) is 3.44. The number of anilines is 3. The molecular weight excluding hydrogens is 432 g/mol. The molecule has 156 valence electrons. The second kappa shape index (κ2) is 8.62. The van der Waals surface area contributed by atoms with E-state index in [0.717, 1.165) is 0 Å². The third-order valence-corrected chi connectivity index (χ3v) is 5.43. The predicted octanol–water partition coefficient (Wildman–Crippen LogP) is 5.60. The fraction of sp³-hybridized carbons (Fsp3) is 0.389. The summed E-state index contributed by atoms with van der Waals surface area (Å²) < 4.78 is 40.1. The zero-order valence-corrected chi connectivity index (χ0v) is 16.4. The van der Waals surface area contributed by atoms with Gasteiger partial charge in [0.25, 0.3) is 0 Å². The lowest BCUT2D eigenvalue weighted by atomic mass is 9.86. The van der Waals surface area contributed by atoms with Crippen molar-refractivity contribution in [1.29, 1.82) is 0 Å². The van der Waals surface area contributed by atoms with E-state index in [2.05, 4.69) is 20.6 Å². The molecule has 1 heterocycles. The van der Waals surface area contributed by atoms with Crippen molar-refractivity contribution < 1.29 is 23.1 Å². The molecule has 0 unspecified atom stereocenters. The van der Waals surface area contributed by atoms with Gasteiger partial charge in [-0.25, -0.2) is 4.98 Å². The molecule has 0 saturated heterocycles. The lowest BCUT2D eigenvalue weighted by Gasteiger charge is -2.28. The van der Waals surface area contributed by atoms with Gasteiger partial charge in [0.15, 0.2) is 0 Å². The molecule has 1 aliphatic rings. The highest BCUT2D eigenvalue weighted by Crippen LogP contribution is 2.36. The van der Waals surface area contributed by atoms with Crippen LogP contribution >= 0.6 is 23.2 Å². The molecular formula is C18H17Cl2F3N4O2. The maximum absolute atomic E-state index is 13.4. The van der Waals surface area contributed by atoms with Gasteiger partial charge < -0.3 is 15.7 Å². The number of aliphatic carboxylic acids is 1. The van der Waals surface area contributed by atoms with Gasteiger partial charge in [-0.3, -0.25) is 4.79 Å². The summed E-state index contributed by atoms with van der Waals surface area (Å²) in [5, 5.41) is 15.3. The Balaban J connectivity index is 1.81. The van der Waals surface area contributed by atoms with Gasteiger partial charge in [0, 0.05) is 17.9 Å². The van der Waals surface area contributed by atoms with E-state index in [9.17, 15) is 18.0 Å². The van der Waals surface area contributed by atoms with Gasteiger partial charge in [-0.15, -0.1) is 0 Å². The summed E-state index contributed by atoms with van der Waals surface area (Å²) in [5.74, 6) is -1.74. The smallest absolute Gasteiger partial charge is 0.421 e. The van der Waals surface area contributed by atoms with E-state index in [0.29, 0.717) is 42.6 Å². The van der Waals surface area contributed by atoms with Crippen LogP contribution < -0.4 is 10.6 Å². The van der Waals surface area contributed by atoms with Crippen molar-refractivity contribution in [3.63, 3.8) is 0 Å². The van der Waals surface area contributed by atoms with Crippen LogP contribution in [0.4, 0.5) is 30.6 Å². The highest BCUT2D eigenvalue weighted by Gasteiger charge is 2.36. The van der Waals surface area contributed by atoms with Crippen LogP contribution in [0.1, 0.15) is 31.2 Å². The van der Waals surface area contributed by atoms with Crippen molar-refractivity contribution >= 4 is 46.6 Å². The molecule has 1 aromatic carbocycles. The average Bonchev–Trinajstić information content (AvgIpc) is 2.64. The Labute approximate surface area is 174 Å². The van der Waals surface area contributed by atoms with Gasteiger partial charge >= 0.3 is 12.1 Å². The Bertz CT molecular complexity index is 903. The van der Waals surface area contributed by atoms with E-state index >= 15 is 0 Å². The molecule has 0 spiro atoms. The lowest BCUT2D eigenvalue weighted by molar-refractivity contribution is -0.142. The molecule has 0 atom stereocenters. The second-order valence-corrected chi connectivity index (χ2v) is 7.55. The zero-order valence-electron chi connectivity index (χ0n) is 14.9. The first-order chi connectivity index (χ1) is 13.6. The predicted molar refractivity (Wildman–Crippen MR) is 104 cm³/mol. The molecule has 2 aromatic rings. The van der Waals surface area contributed by atoms with Crippen molar-refractivity contribution in [2.45, 2.75) is 37.9 Å². The van der Waals surface area contributed by atoms with Crippen LogP contribution in [0, 0.1) is 5.92 Å². The normalized spacial score (nSPS) is 19.6. The van der Waals surface area contributed by atoms with Gasteiger partial charge in [-0.1, -0.05) is 23.2 Å². The Hall–Kier alpha value is -2.26. The van der Waals surface area contributed by atoms with Crippen LogP contribution in [0.5, 0.6) is 0 Å². The Kier molecular flexibility index (Phi) is 6.38. The van der Waals surface area contributed by atoms with Crippen LogP contribution in [-0.2, 0) is 11.0 Å². The molecule has 3 rings (SSSR count). The number of halogens is 5. The van der Waals surface area contributed by atoms with Crippen molar-refractivity contribution in [3.05, 3.63) is 40.0 Å². The molecule has 0 bridgehead atoms. The van der Waals surface area contributed by atoms with Crippen LogP contribution in [-0.4, -0.2) is 27.1 Å². The van der Waals surface area contributed by atoms with Crippen LogP contribution in [0.3, 0.4) is 0 Å². The van der Waals surface area contributed by atoms with E-state index in [1.54, 1.807) is 6.07 Å². The Morgan fingerprint density at radius 2 is 1.83 bits per heavy atom. The topological polar surface area (TPSA) is 87.1 Å². The number of nitrogens with zero attached hydrogens (tertiary/aromatic N) is 2. The number of aromatic nitrogens is 2. The number of carboxylic acids is 1. The summed E-state index contributed by atoms with van der Waals surface area (Å²) in [6, 6.07) is 4.33. The van der Waals surface area contributed by atoms with Gasteiger partial charge in [-0.2, -0.15) is 18.2 Å². The maximum Gasteiger partial charge on any atom is 0.421 e. The summed E-state index contributed by atoms with van der Waals surface area (Å²) >= 11 is 11.8. The Morgan fingerprint density at radius 1 is 1.14 bits per heavy atom. The van der Waals surface area contributed by atoms with Gasteiger partial charge in [-0.05, 0) is 43.9 Å². The van der Waals surface area contributed by atoms with Crippen LogP contribution in [0.2, 0.25) is 10.0 Å². The number of hydrogen-bond acceptors (Lipinski definition) is 5. The summed E-state index contributed by atoms with van der Waals surface area (Å²) in [5.41, 5.74) is -0.523. The van der Waals surface area contributed by atoms with Crippen molar-refractivity contribution in [3.8, 4) is 0 Å². The molecule has 1 fully saturated rings. The minimum absolute atomic E-state index is 0.0434. The van der Waals surface area contributed by atoms with Crippen molar-refractivity contribution in [1.82, 2.24) is 9.97 Å². The SMILES string of the molecule is O=C(O)[C@H]1CC[C@H](Nc2nc(Nc3ccc(Cl)c(Cl)c3)ncc2C(F)(F)F)CC1. The molecule has 1 aliphatic carbocycles. The molecule has 0 amide bonds. The van der Waals surface area contributed by atoms with E-state index in [1.165, 1.54) is 12.1 Å². The fourth-order valence-electron chi connectivity index (χ4n) is 3.14. The van der Waals surface area contributed by atoms with Crippen molar-refractivity contribution in [2.75, 3.05) is 10.6 Å². The number of carboxylic acid groups (broad SMARTS) is 1. The van der Waals surface area contributed by atoms with Gasteiger partial charge in [0.1, 0.15) is 11.4 Å². The third-order valence-electron chi connectivity index (χ3n) is 4.69. The highest BCUT2D eigenvalue weighted by molar-refractivity contribution is 6.42. The molecule has 0 radical (unpaired) electrons. The molecule has 6 nitrogen and oxygen atoms in total. The lowest BCUT2D eigenvalue weighted by Crippen LogP contribution is -2.30. The third kappa shape index (κ3) is 5.42. The maximum atomic E-state index is 13.4. The number of benzene rings is 1. The molecule has 1 saturated carbocycles. The minimum atomic E-state index is -4.64. The second-order valence-electron chi connectivity index (χ2n) is 6.74. The summed E-state index contributed by atoms with van der Waals surface area (Å²) in [7, 11) is 0. The summed E-state index contributed by atoms with van der Waals surface area (Å²) in [4.78, 5) is 18.8. The number of alkyl halides is 3. The van der Waals surface area contributed by atoms with E-state index < -0.39 is 23.6 Å². The average molecular weight is 449 g/mol. The summed E-state index contributed by atoms with van der Waals surface area (Å²) in [6.45, 7) is 0. The summed E-state index contributed by atoms with van der Waals surface area (Å²) in [6.07, 6.45) is -2.26. The first-order valence-electron chi connectivity index (χ1n) is 8.79. The zero-order chi connectivity index (χ0) is 21.2. The highest BCUT2D eigenvalue weighted by atomic mass is 35.5. The van der Waals surface area contributed by atoms with E-state index in [-0.39, 0.29) is 22.8 Å². The number of carbonyl (C=O) groups is 1. The largest absolute Gasteiger partial charge is 0.481 e. The monoisotopic (exact) mass is 448 g/mol. The van der Waals surface area contributed by atoms with E-state index in [4.69, 9.17) is 28.3 Å². The number of hydrogen-bond donors (Lipinski definition) is 3. The Morgan fingerprint density at radius 3 is 2.41 bits per heavy atom. The quantitative estimate of drug-likeness (QED) is 0.551. The van der Waals surface area contributed by atoms with Gasteiger partial charge in [0.05, 0.1) is 16.0 Å². The molecule has 11 heteroatoms. The molecule has 0 aliphatic heterocycles. The van der Waals surface area contributed by atoms with E-state index in [1.807, 2.05) is 0 Å². The van der Waals surface area contributed by atoms with Crippen LogP contribution in [0.15, 0.2) is 24.4 Å². The molecule has 29 heavy (non-hydrogen) atoms. The first kappa shape index (κ1) is 21.4. The molecule has 1 aromatic heterocycles. The van der Waals surface area contributed by atoms with Gasteiger partial charge in [0.2, 0.25) is 5.95 Å². The number of rotatable bonds is 5. The minimum Gasteiger partial charge on any atom is -0.481 e. The molecule has 3 N–H and O–H groups in total.